The number of carbonyl (C=O) groups excluding carboxylic acids is 2. The summed E-state index contributed by atoms with van der Waals surface area (Å²) in [5.41, 5.74) is -0.185. The van der Waals surface area contributed by atoms with Crippen LogP contribution in [0.1, 0.15) is 10.5 Å². The van der Waals surface area contributed by atoms with Gasteiger partial charge in [0.1, 0.15) is 11.4 Å². The number of amides is 2. The molecule has 102 valence electrons. The summed E-state index contributed by atoms with van der Waals surface area (Å²) in [5.74, 6) is -0.614. The summed E-state index contributed by atoms with van der Waals surface area (Å²) < 4.78 is 0. The number of imidazole rings is 1. The smallest absolute Gasteiger partial charge is 0.292 e. The van der Waals surface area contributed by atoms with E-state index in [1.54, 1.807) is 6.07 Å². The third kappa shape index (κ3) is 2.61. The average molecular weight is 275 g/mol. The van der Waals surface area contributed by atoms with E-state index < -0.39 is 10.8 Å². The molecule has 0 saturated carbocycles. The second-order valence-electron chi connectivity index (χ2n) is 3.62. The summed E-state index contributed by atoms with van der Waals surface area (Å²) in [6, 6.07) is 5.72. The maximum atomic E-state index is 12.0. The van der Waals surface area contributed by atoms with Gasteiger partial charge in [-0.2, -0.15) is 0 Å². The summed E-state index contributed by atoms with van der Waals surface area (Å²) in [6.45, 7) is 0. The topological polar surface area (TPSA) is 130 Å². The summed E-state index contributed by atoms with van der Waals surface area (Å²) >= 11 is 0. The van der Waals surface area contributed by atoms with Gasteiger partial charge in [0.2, 0.25) is 6.41 Å². The first-order valence-electron chi connectivity index (χ1n) is 5.42. The number of carbonyl (C=O) groups is 2. The van der Waals surface area contributed by atoms with Crippen molar-refractivity contribution in [2.24, 2.45) is 0 Å². The Bertz CT molecular complexity index is 666. The minimum absolute atomic E-state index is 0.00440. The number of H-pyrrole nitrogens is 1. The number of hydrogen-bond acceptors (Lipinski definition) is 5. The van der Waals surface area contributed by atoms with E-state index in [2.05, 4.69) is 20.6 Å². The van der Waals surface area contributed by atoms with Gasteiger partial charge in [0.05, 0.1) is 11.3 Å². The van der Waals surface area contributed by atoms with Crippen LogP contribution >= 0.6 is 0 Å². The van der Waals surface area contributed by atoms with Crippen molar-refractivity contribution in [2.45, 2.75) is 0 Å². The minimum Gasteiger partial charge on any atom is -0.339 e. The molecule has 0 atom stereocenters. The van der Waals surface area contributed by atoms with Crippen LogP contribution in [0, 0.1) is 10.1 Å². The molecule has 1 aromatic heterocycles. The number of aromatic nitrogens is 2. The molecule has 2 aromatic rings. The van der Waals surface area contributed by atoms with E-state index in [-0.39, 0.29) is 22.9 Å². The van der Waals surface area contributed by atoms with Crippen molar-refractivity contribution >= 4 is 29.5 Å². The summed E-state index contributed by atoms with van der Waals surface area (Å²) in [7, 11) is 0. The fourth-order valence-corrected chi connectivity index (χ4v) is 1.56. The molecule has 9 nitrogen and oxygen atoms in total. The lowest BCUT2D eigenvalue weighted by Gasteiger charge is -2.05. The SMILES string of the molecule is O=CNc1nc[nH]c1C(=O)Nc1ccccc1[N+](=O)[O-]. The fraction of sp³-hybridized carbons (Fsp3) is 0. The van der Waals surface area contributed by atoms with Gasteiger partial charge in [-0.25, -0.2) is 4.98 Å². The quantitative estimate of drug-likeness (QED) is 0.428. The molecule has 0 aliphatic rings. The van der Waals surface area contributed by atoms with Crippen molar-refractivity contribution in [2.75, 3.05) is 10.6 Å². The lowest BCUT2D eigenvalue weighted by atomic mass is 10.2. The summed E-state index contributed by atoms with van der Waals surface area (Å²) in [6.07, 6.45) is 1.60. The van der Waals surface area contributed by atoms with Crippen molar-refractivity contribution in [1.29, 1.82) is 0 Å². The highest BCUT2D eigenvalue weighted by atomic mass is 16.6. The lowest BCUT2D eigenvalue weighted by Crippen LogP contribution is -2.15. The van der Waals surface area contributed by atoms with E-state index in [0.29, 0.717) is 6.41 Å². The second kappa shape index (κ2) is 5.61. The monoisotopic (exact) mass is 275 g/mol. The number of nitro groups is 1. The molecule has 0 aliphatic heterocycles. The van der Waals surface area contributed by atoms with Gasteiger partial charge in [-0.05, 0) is 6.07 Å². The third-order valence-electron chi connectivity index (χ3n) is 2.41. The fourth-order valence-electron chi connectivity index (χ4n) is 1.56. The van der Waals surface area contributed by atoms with Gasteiger partial charge >= 0.3 is 0 Å². The standard InChI is InChI=1S/C11H9N5O4/c17-6-14-10-9(12-5-13-10)11(18)15-7-3-1-2-4-8(7)16(19)20/h1-6H,(H,12,13)(H,14,17)(H,15,18). The zero-order valence-electron chi connectivity index (χ0n) is 9.99. The number of hydrogen-bond donors (Lipinski definition) is 3. The highest BCUT2D eigenvalue weighted by Gasteiger charge is 2.19. The molecule has 2 rings (SSSR count). The Morgan fingerprint density at radius 1 is 1.40 bits per heavy atom. The maximum absolute atomic E-state index is 12.0. The third-order valence-corrected chi connectivity index (χ3v) is 2.41. The van der Waals surface area contributed by atoms with Crippen molar-refractivity contribution in [1.82, 2.24) is 9.97 Å². The van der Waals surface area contributed by atoms with Crippen LogP contribution in [0.5, 0.6) is 0 Å². The molecule has 20 heavy (non-hydrogen) atoms. The van der Waals surface area contributed by atoms with E-state index in [1.165, 1.54) is 24.5 Å². The number of anilines is 2. The number of benzene rings is 1. The lowest BCUT2D eigenvalue weighted by molar-refractivity contribution is -0.383. The number of para-hydroxylation sites is 2. The molecule has 0 bridgehead atoms. The van der Waals surface area contributed by atoms with Crippen LogP contribution in [-0.2, 0) is 4.79 Å². The zero-order chi connectivity index (χ0) is 14.5. The molecule has 1 heterocycles. The van der Waals surface area contributed by atoms with Crippen molar-refractivity contribution in [3.63, 3.8) is 0 Å². The summed E-state index contributed by atoms with van der Waals surface area (Å²) in [4.78, 5) is 38.9. The Labute approximate surface area is 112 Å². The molecule has 0 saturated heterocycles. The van der Waals surface area contributed by atoms with Crippen LogP contribution in [0.4, 0.5) is 17.2 Å². The van der Waals surface area contributed by atoms with Crippen LogP contribution in [-0.4, -0.2) is 27.2 Å². The van der Waals surface area contributed by atoms with E-state index in [9.17, 15) is 19.7 Å². The highest BCUT2D eigenvalue weighted by molar-refractivity contribution is 6.07. The van der Waals surface area contributed by atoms with Crippen molar-refractivity contribution in [3.05, 3.63) is 46.4 Å². The zero-order valence-corrected chi connectivity index (χ0v) is 9.99. The first kappa shape index (κ1) is 13.2. The Kier molecular flexibility index (Phi) is 3.70. The van der Waals surface area contributed by atoms with Crippen molar-refractivity contribution in [3.8, 4) is 0 Å². The minimum atomic E-state index is -0.652. The number of rotatable bonds is 5. The molecule has 2 amide bonds. The largest absolute Gasteiger partial charge is 0.339 e. The predicted molar refractivity (Wildman–Crippen MR) is 69.3 cm³/mol. The Morgan fingerprint density at radius 3 is 2.85 bits per heavy atom. The van der Waals surface area contributed by atoms with Gasteiger partial charge in [-0.15, -0.1) is 0 Å². The van der Waals surface area contributed by atoms with E-state index in [4.69, 9.17) is 0 Å². The number of nitro benzene ring substituents is 1. The van der Waals surface area contributed by atoms with Crippen LogP contribution in [0.25, 0.3) is 0 Å². The van der Waals surface area contributed by atoms with E-state index in [0.717, 1.165) is 0 Å². The molecule has 0 fully saturated rings. The van der Waals surface area contributed by atoms with Crippen LogP contribution < -0.4 is 10.6 Å². The first-order valence-corrected chi connectivity index (χ1v) is 5.42. The average Bonchev–Trinajstić information content (AvgIpc) is 2.88. The van der Waals surface area contributed by atoms with Gasteiger partial charge in [0.15, 0.2) is 5.82 Å². The van der Waals surface area contributed by atoms with Gasteiger partial charge in [-0.3, -0.25) is 19.7 Å². The molecular formula is C11H9N5O4. The van der Waals surface area contributed by atoms with Gasteiger partial charge in [0.25, 0.3) is 11.6 Å². The maximum Gasteiger partial charge on any atom is 0.292 e. The molecule has 3 N–H and O–H groups in total. The second-order valence-corrected chi connectivity index (χ2v) is 3.62. The van der Waals surface area contributed by atoms with Crippen molar-refractivity contribution < 1.29 is 14.5 Å². The molecular weight excluding hydrogens is 266 g/mol. The van der Waals surface area contributed by atoms with Crippen LogP contribution in [0.2, 0.25) is 0 Å². The van der Waals surface area contributed by atoms with E-state index >= 15 is 0 Å². The molecule has 0 radical (unpaired) electrons. The summed E-state index contributed by atoms with van der Waals surface area (Å²) in [5, 5.41) is 15.5. The Hall–Kier alpha value is -3.23. The van der Waals surface area contributed by atoms with E-state index in [1.807, 2.05) is 0 Å². The van der Waals surface area contributed by atoms with Gasteiger partial charge < -0.3 is 15.6 Å². The molecule has 0 spiro atoms. The van der Waals surface area contributed by atoms with Gasteiger partial charge in [0, 0.05) is 6.07 Å². The molecule has 0 unspecified atom stereocenters. The first-order chi connectivity index (χ1) is 9.63. The number of nitrogens with zero attached hydrogens (tertiary/aromatic N) is 2. The normalized spacial score (nSPS) is 9.80. The molecule has 0 aliphatic carbocycles. The highest BCUT2D eigenvalue weighted by Crippen LogP contribution is 2.24. The van der Waals surface area contributed by atoms with Gasteiger partial charge in [-0.1, -0.05) is 12.1 Å². The molecule has 9 heteroatoms. The van der Waals surface area contributed by atoms with Crippen LogP contribution in [0.3, 0.4) is 0 Å². The molecule has 1 aromatic carbocycles. The van der Waals surface area contributed by atoms with Crippen LogP contribution in [0.15, 0.2) is 30.6 Å². The number of nitrogens with one attached hydrogen (secondary N) is 3. The predicted octanol–water partition coefficient (Wildman–Crippen LogP) is 1.14. The Morgan fingerprint density at radius 2 is 2.15 bits per heavy atom. The number of aromatic amines is 1. The Balaban J connectivity index is 2.26.